The molecule has 3 N–H and O–H groups in total. The number of amides is 1. The molecule has 1 aromatic carbocycles. The Morgan fingerprint density at radius 1 is 1.32 bits per heavy atom. The summed E-state index contributed by atoms with van der Waals surface area (Å²) in [4.78, 5) is 10.9. The van der Waals surface area contributed by atoms with Crippen molar-refractivity contribution in [3.63, 3.8) is 0 Å². The number of carbonyl (C=O) groups is 1. The van der Waals surface area contributed by atoms with Crippen LogP contribution in [-0.2, 0) is 14.8 Å². The predicted octanol–water partition coefficient (Wildman–Crippen LogP) is 0.0728. The minimum Gasteiger partial charge on any atom is -0.369 e. The van der Waals surface area contributed by atoms with Crippen molar-refractivity contribution < 1.29 is 13.2 Å². The topological polar surface area (TPSA) is 92.5 Å². The van der Waals surface area contributed by atoms with Crippen molar-refractivity contribution in [3.05, 3.63) is 29.8 Å². The minimum absolute atomic E-state index is 0.0800. The minimum atomic E-state index is -3.41. The summed E-state index contributed by atoms with van der Waals surface area (Å²) in [5.74, 6) is -0.432. The van der Waals surface area contributed by atoms with E-state index in [0.29, 0.717) is 0 Å². The fourth-order valence-electron chi connectivity index (χ4n) is 1.51. The van der Waals surface area contributed by atoms with E-state index < -0.39 is 15.9 Å². The normalized spacial score (nSPS) is 13.5. The first kappa shape index (κ1) is 15.6. The van der Waals surface area contributed by atoms with Gasteiger partial charge in [-0.3, -0.25) is 4.79 Å². The van der Waals surface area contributed by atoms with Gasteiger partial charge in [0.2, 0.25) is 15.9 Å². The molecule has 0 radical (unpaired) electrons. The lowest BCUT2D eigenvalue weighted by Crippen LogP contribution is -2.30. The maximum absolute atomic E-state index is 11.9. The molecule has 1 rings (SSSR count). The molecule has 1 aromatic rings. The summed E-state index contributed by atoms with van der Waals surface area (Å²) in [5, 5.41) is 2.94. The third-order valence-corrected chi connectivity index (χ3v) is 4.57. The fourth-order valence-corrected chi connectivity index (χ4v) is 2.41. The highest BCUT2D eigenvalue weighted by Crippen LogP contribution is 2.17. The van der Waals surface area contributed by atoms with Crippen molar-refractivity contribution in [2.45, 2.75) is 17.9 Å². The smallest absolute Gasteiger partial charge is 0.242 e. The number of nitrogens with one attached hydrogen (secondary N) is 1. The number of hydrogen-bond acceptors (Lipinski definition) is 4. The first-order chi connectivity index (χ1) is 8.75. The van der Waals surface area contributed by atoms with Crippen molar-refractivity contribution in [2.75, 3.05) is 20.6 Å². The Labute approximate surface area is 113 Å². The Hall–Kier alpha value is -1.44. The zero-order valence-electron chi connectivity index (χ0n) is 11.3. The van der Waals surface area contributed by atoms with Crippen molar-refractivity contribution >= 4 is 15.9 Å². The summed E-state index contributed by atoms with van der Waals surface area (Å²) in [5.41, 5.74) is 5.93. The van der Waals surface area contributed by atoms with E-state index in [1.165, 1.54) is 14.1 Å². The van der Waals surface area contributed by atoms with Crippen molar-refractivity contribution in [1.82, 2.24) is 9.62 Å². The molecule has 0 fully saturated rings. The molecule has 1 unspecified atom stereocenters. The molecule has 1 atom stereocenters. The van der Waals surface area contributed by atoms with Crippen LogP contribution in [0.3, 0.4) is 0 Å². The third-order valence-electron chi connectivity index (χ3n) is 2.74. The van der Waals surface area contributed by atoms with Crippen LogP contribution in [0.1, 0.15) is 18.5 Å². The Morgan fingerprint density at radius 2 is 1.84 bits per heavy atom. The summed E-state index contributed by atoms with van der Waals surface area (Å²) >= 11 is 0. The molecule has 19 heavy (non-hydrogen) atoms. The second-order valence-electron chi connectivity index (χ2n) is 4.43. The summed E-state index contributed by atoms with van der Waals surface area (Å²) in [6, 6.07) is 6.45. The molecule has 0 aliphatic rings. The maximum Gasteiger partial charge on any atom is 0.242 e. The number of carbonyl (C=O) groups excluding carboxylic acids is 1. The highest BCUT2D eigenvalue weighted by atomic mass is 32.2. The molecule has 0 heterocycles. The standard InChI is InChI=1S/C12H19N3O3S/c1-9(14-8-12(13)16)10-4-6-11(7-5-10)19(17,18)15(2)3/h4-7,9,14H,8H2,1-3H3,(H2,13,16). The molecule has 1 amide bonds. The molecule has 0 aromatic heterocycles. The van der Waals surface area contributed by atoms with Gasteiger partial charge in [0.05, 0.1) is 11.4 Å². The van der Waals surface area contributed by atoms with Gasteiger partial charge in [-0.05, 0) is 24.6 Å². The fraction of sp³-hybridized carbons (Fsp3) is 0.417. The molecular weight excluding hydrogens is 266 g/mol. The Kier molecular flexibility index (Phi) is 5.04. The van der Waals surface area contributed by atoms with Gasteiger partial charge >= 0.3 is 0 Å². The number of primary amides is 1. The van der Waals surface area contributed by atoms with Crippen LogP contribution < -0.4 is 11.1 Å². The van der Waals surface area contributed by atoms with E-state index in [1.807, 2.05) is 6.92 Å². The van der Waals surface area contributed by atoms with Gasteiger partial charge in [0.1, 0.15) is 0 Å². The van der Waals surface area contributed by atoms with E-state index in [9.17, 15) is 13.2 Å². The van der Waals surface area contributed by atoms with Crippen LogP contribution in [0.2, 0.25) is 0 Å². The quantitative estimate of drug-likeness (QED) is 0.774. The molecule has 0 spiro atoms. The average Bonchev–Trinajstić information content (AvgIpc) is 2.35. The predicted molar refractivity (Wildman–Crippen MR) is 72.9 cm³/mol. The maximum atomic E-state index is 11.9. The van der Waals surface area contributed by atoms with Crippen LogP contribution in [0.25, 0.3) is 0 Å². The largest absolute Gasteiger partial charge is 0.369 e. The monoisotopic (exact) mass is 285 g/mol. The van der Waals surface area contributed by atoms with Crippen molar-refractivity contribution in [2.24, 2.45) is 5.73 Å². The van der Waals surface area contributed by atoms with Crippen LogP contribution in [0, 0.1) is 0 Å². The number of sulfonamides is 1. The van der Waals surface area contributed by atoms with Gasteiger partial charge in [-0.25, -0.2) is 12.7 Å². The van der Waals surface area contributed by atoms with Gasteiger partial charge in [-0.1, -0.05) is 12.1 Å². The van der Waals surface area contributed by atoms with E-state index in [2.05, 4.69) is 5.32 Å². The SMILES string of the molecule is CC(NCC(N)=O)c1ccc(S(=O)(=O)N(C)C)cc1. The van der Waals surface area contributed by atoms with Crippen LogP contribution in [-0.4, -0.2) is 39.3 Å². The summed E-state index contributed by atoms with van der Waals surface area (Å²) in [6.45, 7) is 1.96. The summed E-state index contributed by atoms with van der Waals surface area (Å²) < 4.78 is 24.9. The number of benzene rings is 1. The summed E-state index contributed by atoms with van der Waals surface area (Å²) in [6.07, 6.45) is 0. The number of rotatable bonds is 6. The molecule has 0 saturated heterocycles. The van der Waals surface area contributed by atoms with Gasteiger partial charge in [-0.2, -0.15) is 0 Å². The van der Waals surface area contributed by atoms with Crippen LogP contribution in [0.4, 0.5) is 0 Å². The zero-order chi connectivity index (χ0) is 14.6. The van der Waals surface area contributed by atoms with Gasteiger partial charge < -0.3 is 11.1 Å². The molecule has 0 saturated carbocycles. The molecule has 0 aliphatic carbocycles. The van der Waals surface area contributed by atoms with Gasteiger partial charge in [0, 0.05) is 20.1 Å². The molecule has 0 bridgehead atoms. The highest BCUT2D eigenvalue weighted by molar-refractivity contribution is 7.89. The van der Waals surface area contributed by atoms with E-state index in [4.69, 9.17) is 5.73 Å². The molecule has 7 heteroatoms. The van der Waals surface area contributed by atoms with Gasteiger partial charge in [0.25, 0.3) is 0 Å². The van der Waals surface area contributed by atoms with Crippen molar-refractivity contribution in [1.29, 1.82) is 0 Å². The Morgan fingerprint density at radius 3 is 2.26 bits per heavy atom. The Balaban J connectivity index is 2.85. The molecular formula is C12H19N3O3S. The van der Waals surface area contributed by atoms with E-state index in [0.717, 1.165) is 9.87 Å². The average molecular weight is 285 g/mol. The van der Waals surface area contributed by atoms with Crippen LogP contribution in [0.5, 0.6) is 0 Å². The first-order valence-corrected chi connectivity index (χ1v) is 7.23. The third kappa shape index (κ3) is 4.02. The second-order valence-corrected chi connectivity index (χ2v) is 6.58. The molecule has 0 aliphatic heterocycles. The molecule has 6 nitrogen and oxygen atoms in total. The van der Waals surface area contributed by atoms with Gasteiger partial charge in [-0.15, -0.1) is 0 Å². The second kappa shape index (κ2) is 6.14. The molecule has 106 valence electrons. The van der Waals surface area contributed by atoms with Crippen molar-refractivity contribution in [3.8, 4) is 0 Å². The lowest BCUT2D eigenvalue weighted by Gasteiger charge is -2.15. The van der Waals surface area contributed by atoms with Crippen LogP contribution in [0.15, 0.2) is 29.2 Å². The van der Waals surface area contributed by atoms with Gasteiger partial charge in [0.15, 0.2) is 0 Å². The van der Waals surface area contributed by atoms with E-state index >= 15 is 0 Å². The van der Waals surface area contributed by atoms with E-state index in [1.54, 1.807) is 24.3 Å². The van der Waals surface area contributed by atoms with Crippen LogP contribution >= 0.6 is 0 Å². The lowest BCUT2D eigenvalue weighted by atomic mass is 10.1. The lowest BCUT2D eigenvalue weighted by molar-refractivity contribution is -0.117. The Bertz CT molecular complexity index is 538. The zero-order valence-corrected chi connectivity index (χ0v) is 12.1. The highest BCUT2D eigenvalue weighted by Gasteiger charge is 2.17. The number of hydrogen-bond donors (Lipinski definition) is 2. The van der Waals surface area contributed by atoms with E-state index in [-0.39, 0.29) is 17.5 Å². The number of nitrogens with zero attached hydrogens (tertiary/aromatic N) is 1. The summed E-state index contributed by atoms with van der Waals surface area (Å²) in [7, 11) is -0.433. The number of nitrogens with two attached hydrogens (primary N) is 1. The first-order valence-electron chi connectivity index (χ1n) is 5.79.